The fourth-order valence-electron chi connectivity index (χ4n) is 1.08. The maximum atomic E-state index is 11.5. The minimum atomic E-state index is -3.92. The van der Waals surface area contributed by atoms with Gasteiger partial charge in [0.1, 0.15) is 5.75 Å². The van der Waals surface area contributed by atoms with E-state index in [1.54, 1.807) is 0 Å². The zero-order valence-electron chi connectivity index (χ0n) is 10.3. The molecular weight excluding hydrogens is 246 g/mol. The molecule has 0 aliphatic rings. The van der Waals surface area contributed by atoms with Gasteiger partial charge in [0.05, 0.1) is 0 Å². The molecule has 1 atom stereocenters. The average Bonchev–Trinajstić information content (AvgIpc) is 2.23. The first kappa shape index (κ1) is 15.9. The second-order valence-electron chi connectivity index (χ2n) is 3.96. The molecule has 0 aromatic heterocycles. The molecule has 1 unspecified atom stereocenters. The van der Waals surface area contributed by atoms with Crippen LogP contribution < -0.4 is 0 Å². The summed E-state index contributed by atoms with van der Waals surface area (Å²) in [5, 5.41) is 7.06. The van der Waals surface area contributed by atoms with Crippen LogP contribution in [-0.2, 0) is 19.4 Å². The van der Waals surface area contributed by atoms with Gasteiger partial charge in [-0.15, -0.1) is 0 Å². The van der Waals surface area contributed by atoms with Gasteiger partial charge in [-0.3, -0.25) is 9.59 Å². The van der Waals surface area contributed by atoms with Crippen molar-refractivity contribution >= 4 is 21.7 Å². The highest BCUT2D eigenvalue weighted by molar-refractivity contribution is 7.93. The van der Waals surface area contributed by atoms with Gasteiger partial charge < -0.3 is 10.0 Å². The Morgan fingerprint density at radius 2 is 1.88 bits per heavy atom. The topological polar surface area (TPSA) is 91.8 Å². The van der Waals surface area contributed by atoms with Crippen LogP contribution >= 0.6 is 0 Å². The third-order valence-corrected chi connectivity index (χ3v) is 4.41. The Labute approximate surface area is 102 Å². The lowest BCUT2D eigenvalue weighted by Gasteiger charge is -2.17. The summed E-state index contributed by atoms with van der Waals surface area (Å²) in [4.78, 5) is 23.4. The predicted molar refractivity (Wildman–Crippen MR) is 63.4 cm³/mol. The number of unbranched alkanes of at least 4 members (excludes halogenated alkanes) is 1. The van der Waals surface area contributed by atoms with Gasteiger partial charge in [-0.1, -0.05) is 13.3 Å². The lowest BCUT2D eigenvalue weighted by molar-refractivity contribution is -0.136. The molecule has 0 rings (SSSR count). The maximum absolute atomic E-state index is 11.5. The van der Waals surface area contributed by atoms with Crippen LogP contribution in [0.3, 0.4) is 0 Å². The van der Waals surface area contributed by atoms with E-state index in [4.69, 9.17) is 5.11 Å². The van der Waals surface area contributed by atoms with Crippen LogP contribution in [-0.4, -0.2) is 54.9 Å². The van der Waals surface area contributed by atoms with Crippen molar-refractivity contribution in [2.24, 2.45) is 0 Å². The van der Waals surface area contributed by atoms with E-state index < -0.39 is 32.7 Å². The number of amides is 1. The molecule has 17 heavy (non-hydrogen) atoms. The Hall–Kier alpha value is -1.11. The van der Waals surface area contributed by atoms with Gasteiger partial charge in [0.15, 0.2) is 15.1 Å². The summed E-state index contributed by atoms with van der Waals surface area (Å²) in [5.74, 6) is -2.75. The molecule has 0 aliphatic heterocycles. The number of hydrogen-bond donors (Lipinski definition) is 1. The largest absolute Gasteiger partial charge is 0.480 e. The van der Waals surface area contributed by atoms with Crippen LogP contribution in [0.4, 0.5) is 0 Å². The van der Waals surface area contributed by atoms with Crippen molar-refractivity contribution in [2.75, 3.05) is 19.3 Å². The summed E-state index contributed by atoms with van der Waals surface area (Å²) in [6.45, 7) is 3.50. The van der Waals surface area contributed by atoms with Gasteiger partial charge in [0.2, 0.25) is 5.91 Å². The van der Waals surface area contributed by atoms with Gasteiger partial charge in [0.25, 0.3) is 0 Å². The van der Waals surface area contributed by atoms with E-state index in [1.807, 2.05) is 6.92 Å². The van der Waals surface area contributed by atoms with Crippen LogP contribution in [0.2, 0.25) is 0 Å². The number of aliphatic carboxylic acids is 1. The number of sulfone groups is 1. The van der Waals surface area contributed by atoms with Gasteiger partial charge >= 0.3 is 5.97 Å². The number of carbonyl (C=O) groups excluding carboxylic acids is 1. The molecule has 0 fully saturated rings. The smallest absolute Gasteiger partial charge is 0.321 e. The molecule has 0 spiro atoms. The van der Waals surface area contributed by atoms with E-state index in [-0.39, 0.29) is 0 Å². The van der Waals surface area contributed by atoms with E-state index in [0.717, 1.165) is 19.8 Å². The first-order chi connectivity index (χ1) is 7.72. The second kappa shape index (κ2) is 6.58. The van der Waals surface area contributed by atoms with E-state index in [0.29, 0.717) is 6.54 Å². The third kappa shape index (κ3) is 5.16. The maximum Gasteiger partial charge on any atom is 0.321 e. The average molecular weight is 265 g/mol. The molecule has 0 aliphatic carbocycles. The molecule has 0 saturated heterocycles. The minimum Gasteiger partial charge on any atom is -0.480 e. The Morgan fingerprint density at radius 3 is 2.29 bits per heavy atom. The molecule has 1 amide bonds. The number of rotatable bonds is 7. The minimum absolute atomic E-state index is 0.478. The summed E-state index contributed by atoms with van der Waals surface area (Å²) in [6.07, 6.45) is 1.69. The Morgan fingerprint density at radius 1 is 1.35 bits per heavy atom. The number of hydrogen-bond acceptors (Lipinski definition) is 4. The highest BCUT2D eigenvalue weighted by Crippen LogP contribution is 2.04. The third-order valence-electron chi connectivity index (χ3n) is 2.48. The summed E-state index contributed by atoms with van der Waals surface area (Å²) in [5.41, 5.74) is 0. The second-order valence-corrected chi connectivity index (χ2v) is 6.28. The van der Waals surface area contributed by atoms with E-state index in [2.05, 4.69) is 0 Å². The van der Waals surface area contributed by atoms with Crippen molar-refractivity contribution in [3.05, 3.63) is 0 Å². The van der Waals surface area contributed by atoms with E-state index in [1.165, 1.54) is 11.9 Å². The monoisotopic (exact) mass is 265 g/mol. The van der Waals surface area contributed by atoms with Crippen LogP contribution in [0.15, 0.2) is 0 Å². The molecule has 0 saturated carbocycles. The summed E-state index contributed by atoms with van der Waals surface area (Å²) >= 11 is 0. The summed E-state index contributed by atoms with van der Waals surface area (Å²) in [7, 11) is -2.41. The van der Waals surface area contributed by atoms with Crippen LogP contribution in [0.5, 0.6) is 0 Å². The SMILES string of the molecule is CCCCN(C)C(=O)CS(=O)(=O)C(C)C(=O)O. The van der Waals surface area contributed by atoms with Crippen molar-refractivity contribution < 1.29 is 23.1 Å². The molecule has 0 aromatic rings. The first-order valence-electron chi connectivity index (χ1n) is 5.40. The van der Waals surface area contributed by atoms with Gasteiger partial charge in [-0.05, 0) is 13.3 Å². The molecular formula is C10H19NO5S. The van der Waals surface area contributed by atoms with Crippen molar-refractivity contribution in [3.8, 4) is 0 Å². The molecule has 7 heteroatoms. The first-order valence-corrected chi connectivity index (χ1v) is 7.12. The quantitative estimate of drug-likeness (QED) is 0.706. The van der Waals surface area contributed by atoms with Crippen molar-refractivity contribution in [2.45, 2.75) is 31.9 Å². The Balaban J connectivity index is 4.52. The van der Waals surface area contributed by atoms with Gasteiger partial charge in [-0.2, -0.15) is 0 Å². The number of carboxylic acids is 1. The lowest BCUT2D eigenvalue weighted by Crippen LogP contribution is -2.38. The van der Waals surface area contributed by atoms with Crippen molar-refractivity contribution in [1.29, 1.82) is 0 Å². The standard InChI is InChI=1S/C10H19NO5S/c1-4-5-6-11(3)9(12)7-17(15,16)8(2)10(13)14/h8H,4-7H2,1-3H3,(H,13,14). The Kier molecular flexibility index (Phi) is 6.15. The molecule has 100 valence electrons. The van der Waals surface area contributed by atoms with Crippen LogP contribution in [0.1, 0.15) is 26.7 Å². The van der Waals surface area contributed by atoms with Crippen LogP contribution in [0, 0.1) is 0 Å². The van der Waals surface area contributed by atoms with Gasteiger partial charge in [-0.25, -0.2) is 8.42 Å². The van der Waals surface area contributed by atoms with Gasteiger partial charge in [0, 0.05) is 13.6 Å². The van der Waals surface area contributed by atoms with Crippen LogP contribution in [0.25, 0.3) is 0 Å². The highest BCUT2D eigenvalue weighted by atomic mass is 32.2. The lowest BCUT2D eigenvalue weighted by atomic mass is 10.3. The van der Waals surface area contributed by atoms with E-state index >= 15 is 0 Å². The molecule has 1 N–H and O–H groups in total. The predicted octanol–water partition coefficient (Wildman–Crippen LogP) is 0.133. The normalized spacial score (nSPS) is 13.1. The summed E-state index contributed by atoms with van der Waals surface area (Å²) < 4.78 is 23.1. The molecule has 0 bridgehead atoms. The zero-order valence-corrected chi connectivity index (χ0v) is 11.2. The molecule has 6 nitrogen and oxygen atoms in total. The molecule has 0 aromatic carbocycles. The van der Waals surface area contributed by atoms with Crippen molar-refractivity contribution in [3.63, 3.8) is 0 Å². The number of nitrogens with zero attached hydrogens (tertiary/aromatic N) is 1. The number of carbonyl (C=O) groups is 2. The Bertz CT molecular complexity index is 376. The summed E-state index contributed by atoms with van der Waals surface area (Å²) in [6, 6.07) is 0. The van der Waals surface area contributed by atoms with E-state index in [9.17, 15) is 18.0 Å². The van der Waals surface area contributed by atoms with Crippen molar-refractivity contribution in [1.82, 2.24) is 4.90 Å². The fourth-order valence-corrected chi connectivity index (χ4v) is 2.20. The number of carboxylic acid groups (broad SMARTS) is 1. The fraction of sp³-hybridized carbons (Fsp3) is 0.800. The zero-order chi connectivity index (χ0) is 13.6. The molecule has 0 radical (unpaired) electrons. The highest BCUT2D eigenvalue weighted by Gasteiger charge is 2.30. The molecule has 0 heterocycles.